The van der Waals surface area contributed by atoms with Gasteiger partial charge in [-0.3, -0.25) is 0 Å². The van der Waals surface area contributed by atoms with Crippen molar-refractivity contribution < 1.29 is 33.0 Å². The van der Waals surface area contributed by atoms with Crippen molar-refractivity contribution in [3.8, 4) is 0 Å². The average Bonchev–Trinajstić information content (AvgIpc) is 3.43. The Labute approximate surface area is 177 Å². The first-order chi connectivity index (χ1) is 14.6. The normalized spacial score (nSPS) is 20.2. The standard InChI is InChI=1S/C12H15N3O3.C9H9F3O/c16-11(17)10-4-5-15(13-10)12(18)14-6-8-2-1-3-9(8)7-14;1-6-7(5-13)3-2-4-8(6)9(10,11)12/h4-5,8-9H,1-3,6-7H2,(H,16,17);2-4,13H,5H2,1H3. The smallest absolute Gasteiger partial charge is 0.416 e. The first kappa shape index (κ1) is 22.8. The number of aliphatic hydroxyl groups is 1. The quantitative estimate of drug-likeness (QED) is 0.743. The summed E-state index contributed by atoms with van der Waals surface area (Å²) in [6.45, 7) is 2.56. The van der Waals surface area contributed by atoms with E-state index in [4.69, 9.17) is 10.2 Å². The Bertz CT molecular complexity index is 946. The van der Waals surface area contributed by atoms with E-state index in [9.17, 15) is 22.8 Å². The van der Waals surface area contributed by atoms with Gasteiger partial charge >= 0.3 is 18.2 Å². The largest absolute Gasteiger partial charge is 0.476 e. The highest BCUT2D eigenvalue weighted by molar-refractivity contribution is 5.86. The van der Waals surface area contributed by atoms with Crippen LogP contribution in [0.4, 0.5) is 18.0 Å². The summed E-state index contributed by atoms with van der Waals surface area (Å²) in [7, 11) is 0. The number of halogens is 3. The Balaban J connectivity index is 0.000000187. The van der Waals surface area contributed by atoms with Crippen LogP contribution in [-0.2, 0) is 12.8 Å². The van der Waals surface area contributed by atoms with Crippen molar-refractivity contribution >= 4 is 12.0 Å². The molecule has 10 heteroatoms. The minimum Gasteiger partial charge on any atom is -0.476 e. The zero-order valence-electron chi connectivity index (χ0n) is 17.0. The highest BCUT2D eigenvalue weighted by Gasteiger charge is 2.38. The van der Waals surface area contributed by atoms with E-state index in [1.54, 1.807) is 4.90 Å². The van der Waals surface area contributed by atoms with E-state index in [1.165, 1.54) is 50.6 Å². The summed E-state index contributed by atoms with van der Waals surface area (Å²) in [6, 6.07) is 4.91. The Morgan fingerprint density at radius 3 is 2.32 bits per heavy atom. The van der Waals surface area contributed by atoms with E-state index in [-0.39, 0.29) is 23.9 Å². The molecule has 1 amide bonds. The molecule has 4 rings (SSSR count). The number of fused-ring (bicyclic) bond motifs is 1. The number of aromatic nitrogens is 2. The number of benzene rings is 1. The Kier molecular flexibility index (Phi) is 6.68. The molecular formula is C21H24F3N3O4. The molecule has 1 saturated carbocycles. The number of carbonyl (C=O) groups excluding carboxylic acids is 1. The van der Waals surface area contributed by atoms with Crippen molar-refractivity contribution in [1.29, 1.82) is 0 Å². The number of carbonyl (C=O) groups is 2. The van der Waals surface area contributed by atoms with E-state index in [0.717, 1.165) is 23.8 Å². The highest BCUT2D eigenvalue weighted by Crippen LogP contribution is 2.37. The number of carboxylic acid groups (broad SMARTS) is 1. The molecule has 2 N–H and O–H groups in total. The Morgan fingerprint density at radius 1 is 1.16 bits per heavy atom. The molecular weight excluding hydrogens is 415 g/mol. The third-order valence-electron chi connectivity index (χ3n) is 5.92. The van der Waals surface area contributed by atoms with Gasteiger partial charge in [-0.2, -0.15) is 23.0 Å². The summed E-state index contributed by atoms with van der Waals surface area (Å²) >= 11 is 0. The second-order valence-corrected chi connectivity index (χ2v) is 7.83. The minimum atomic E-state index is -4.34. The van der Waals surface area contributed by atoms with E-state index in [0.29, 0.717) is 17.4 Å². The fourth-order valence-electron chi connectivity index (χ4n) is 4.24. The lowest BCUT2D eigenvalue weighted by Gasteiger charge is -2.16. The number of nitrogens with zero attached hydrogens (tertiary/aromatic N) is 3. The molecule has 1 aliphatic carbocycles. The Morgan fingerprint density at radius 2 is 1.81 bits per heavy atom. The van der Waals surface area contributed by atoms with Crippen LogP contribution < -0.4 is 0 Å². The molecule has 31 heavy (non-hydrogen) atoms. The van der Waals surface area contributed by atoms with Crippen LogP contribution in [0.25, 0.3) is 0 Å². The molecule has 2 fully saturated rings. The third kappa shape index (κ3) is 5.07. The van der Waals surface area contributed by atoms with Gasteiger partial charge < -0.3 is 15.1 Å². The number of alkyl halides is 3. The fraction of sp³-hybridized carbons (Fsp3) is 0.476. The SMILES string of the molecule is Cc1c(CO)cccc1C(F)(F)F.O=C(O)c1ccn(C(=O)N2CC3CCCC3C2)n1. The molecule has 2 atom stereocenters. The lowest BCUT2D eigenvalue weighted by Crippen LogP contribution is -2.33. The van der Waals surface area contributed by atoms with Gasteiger partial charge in [0.25, 0.3) is 0 Å². The lowest BCUT2D eigenvalue weighted by molar-refractivity contribution is -0.138. The summed E-state index contributed by atoms with van der Waals surface area (Å²) in [4.78, 5) is 24.6. The van der Waals surface area contributed by atoms with Crippen molar-refractivity contribution in [2.24, 2.45) is 11.8 Å². The molecule has 2 aliphatic rings. The maximum absolute atomic E-state index is 12.3. The van der Waals surface area contributed by atoms with Gasteiger partial charge in [-0.15, -0.1) is 0 Å². The lowest BCUT2D eigenvalue weighted by atomic mass is 10.0. The van der Waals surface area contributed by atoms with Crippen LogP contribution in [0.5, 0.6) is 0 Å². The number of hydrogen-bond donors (Lipinski definition) is 2. The predicted octanol–water partition coefficient (Wildman–Crippen LogP) is 3.79. The first-order valence-electron chi connectivity index (χ1n) is 9.96. The monoisotopic (exact) mass is 439 g/mol. The van der Waals surface area contributed by atoms with Gasteiger partial charge in [0, 0.05) is 19.3 Å². The molecule has 1 aliphatic heterocycles. The average molecular weight is 439 g/mol. The van der Waals surface area contributed by atoms with Crippen molar-refractivity contribution in [2.45, 2.75) is 39.0 Å². The van der Waals surface area contributed by atoms with Crippen LogP contribution in [0.1, 0.15) is 46.4 Å². The molecule has 7 nitrogen and oxygen atoms in total. The summed E-state index contributed by atoms with van der Waals surface area (Å²) in [6.07, 6.45) is 0.749. The highest BCUT2D eigenvalue weighted by atomic mass is 19.4. The molecule has 1 aromatic heterocycles. The van der Waals surface area contributed by atoms with Gasteiger partial charge in [0.1, 0.15) is 0 Å². The van der Waals surface area contributed by atoms with Crippen LogP contribution in [0.2, 0.25) is 0 Å². The number of aliphatic hydroxyl groups excluding tert-OH is 1. The fourth-order valence-corrected chi connectivity index (χ4v) is 4.24. The van der Waals surface area contributed by atoms with Crippen LogP contribution in [0.15, 0.2) is 30.5 Å². The molecule has 168 valence electrons. The van der Waals surface area contributed by atoms with Crippen molar-refractivity contribution in [1.82, 2.24) is 14.7 Å². The van der Waals surface area contributed by atoms with Crippen LogP contribution in [-0.4, -0.2) is 50.0 Å². The topological polar surface area (TPSA) is 95.7 Å². The van der Waals surface area contributed by atoms with E-state index in [2.05, 4.69) is 5.10 Å². The molecule has 2 unspecified atom stereocenters. The van der Waals surface area contributed by atoms with Gasteiger partial charge in [0.05, 0.1) is 12.2 Å². The molecule has 1 saturated heterocycles. The van der Waals surface area contributed by atoms with Crippen molar-refractivity contribution in [3.05, 3.63) is 52.8 Å². The number of hydrogen-bond acceptors (Lipinski definition) is 4. The van der Waals surface area contributed by atoms with Gasteiger partial charge in [-0.1, -0.05) is 18.6 Å². The van der Waals surface area contributed by atoms with Gasteiger partial charge in [-0.05, 0) is 54.9 Å². The molecule has 1 aromatic carbocycles. The third-order valence-corrected chi connectivity index (χ3v) is 5.92. The molecule has 2 aromatic rings. The second-order valence-electron chi connectivity index (χ2n) is 7.83. The zero-order chi connectivity index (χ0) is 22.8. The molecule has 0 bridgehead atoms. The Hall–Kier alpha value is -2.88. The summed E-state index contributed by atoms with van der Waals surface area (Å²) in [5.41, 5.74) is -0.367. The van der Waals surface area contributed by atoms with E-state index < -0.39 is 17.7 Å². The summed E-state index contributed by atoms with van der Waals surface area (Å²) < 4.78 is 38.0. The first-order valence-corrected chi connectivity index (χ1v) is 9.96. The summed E-state index contributed by atoms with van der Waals surface area (Å²) in [5, 5.41) is 21.3. The number of rotatable bonds is 2. The molecule has 0 radical (unpaired) electrons. The summed E-state index contributed by atoms with van der Waals surface area (Å²) in [5.74, 6) is 0.145. The number of likely N-dealkylation sites (tertiary alicyclic amines) is 1. The zero-order valence-corrected chi connectivity index (χ0v) is 17.0. The van der Waals surface area contributed by atoms with Gasteiger partial charge in [-0.25, -0.2) is 9.59 Å². The van der Waals surface area contributed by atoms with Crippen LogP contribution >= 0.6 is 0 Å². The minimum absolute atomic E-state index is 0.0947. The van der Waals surface area contributed by atoms with E-state index >= 15 is 0 Å². The van der Waals surface area contributed by atoms with Crippen LogP contribution in [0.3, 0.4) is 0 Å². The molecule has 0 spiro atoms. The number of amides is 1. The van der Waals surface area contributed by atoms with Crippen molar-refractivity contribution in [2.75, 3.05) is 13.1 Å². The number of carboxylic acids is 1. The predicted molar refractivity (Wildman–Crippen MR) is 104 cm³/mol. The maximum Gasteiger partial charge on any atom is 0.416 e. The maximum atomic E-state index is 12.3. The number of aromatic carboxylic acids is 1. The molecule has 2 heterocycles. The van der Waals surface area contributed by atoms with E-state index in [1.807, 2.05) is 0 Å². The second kappa shape index (κ2) is 9.09. The van der Waals surface area contributed by atoms with Crippen molar-refractivity contribution in [3.63, 3.8) is 0 Å². The van der Waals surface area contributed by atoms with Crippen LogP contribution in [0, 0.1) is 18.8 Å². The van der Waals surface area contributed by atoms with Gasteiger partial charge in [0.15, 0.2) is 5.69 Å². The van der Waals surface area contributed by atoms with Gasteiger partial charge in [0.2, 0.25) is 0 Å².